The Labute approximate surface area is 123 Å². The number of hydrogen-bond donors (Lipinski definition) is 2. The molecule has 2 N–H and O–H groups in total. The minimum absolute atomic E-state index is 0.0378. The molecule has 1 aromatic rings. The zero-order valence-electron chi connectivity index (χ0n) is 11.5. The summed E-state index contributed by atoms with van der Waals surface area (Å²) in [4.78, 5) is 10.5. The van der Waals surface area contributed by atoms with Crippen LogP contribution >= 0.6 is 0 Å². The molecule has 0 fully saturated rings. The first-order valence-corrected chi connectivity index (χ1v) is 8.89. The molecule has 0 spiro atoms. The van der Waals surface area contributed by atoms with E-state index < -0.39 is 26.0 Å². The van der Waals surface area contributed by atoms with Gasteiger partial charge in [0.15, 0.2) is 0 Å². The van der Waals surface area contributed by atoms with Crippen LogP contribution in [0.3, 0.4) is 0 Å². The van der Waals surface area contributed by atoms with Crippen molar-refractivity contribution in [1.29, 1.82) is 0 Å². The van der Waals surface area contributed by atoms with Crippen LogP contribution < -0.4 is 4.72 Å². The summed E-state index contributed by atoms with van der Waals surface area (Å²) in [5, 5.41) is 8.73. The lowest BCUT2D eigenvalue weighted by Gasteiger charge is -2.12. The largest absolute Gasteiger partial charge is 0.478 e. The highest BCUT2D eigenvalue weighted by atomic mass is 32.2. The second kappa shape index (κ2) is 6.52. The van der Waals surface area contributed by atoms with Gasteiger partial charge >= 0.3 is 5.97 Å². The SMILES string of the molecule is CN(C)S(=O)(=O)CCNS(=O)(=O)c1ccc(C(=O)O)cc1. The molecule has 1 rings (SSSR count). The summed E-state index contributed by atoms with van der Waals surface area (Å²) in [6, 6.07) is 4.61. The van der Waals surface area contributed by atoms with Crippen LogP contribution in [0.5, 0.6) is 0 Å². The summed E-state index contributed by atoms with van der Waals surface area (Å²) < 4.78 is 50.0. The first kappa shape index (κ1) is 17.6. The van der Waals surface area contributed by atoms with E-state index in [1.165, 1.54) is 14.1 Å². The van der Waals surface area contributed by atoms with Gasteiger partial charge in [-0.1, -0.05) is 0 Å². The number of benzene rings is 1. The molecule has 0 bridgehead atoms. The summed E-state index contributed by atoms with van der Waals surface area (Å²) >= 11 is 0. The number of nitrogens with zero attached hydrogens (tertiary/aromatic N) is 1. The number of sulfonamides is 2. The molecule has 0 heterocycles. The van der Waals surface area contributed by atoms with Gasteiger partial charge in [0.05, 0.1) is 16.2 Å². The molecule has 0 amide bonds. The molecule has 0 aromatic heterocycles. The summed E-state index contributed by atoms with van der Waals surface area (Å²) in [6.07, 6.45) is 0. The topological polar surface area (TPSA) is 121 Å². The molecule has 0 radical (unpaired) electrons. The van der Waals surface area contributed by atoms with Crippen LogP contribution in [0.2, 0.25) is 0 Å². The average molecular weight is 336 g/mol. The Hall–Kier alpha value is -1.49. The molecule has 0 saturated heterocycles. The highest BCUT2D eigenvalue weighted by Crippen LogP contribution is 2.10. The predicted molar refractivity (Wildman–Crippen MR) is 76.1 cm³/mol. The zero-order chi connectivity index (χ0) is 16.3. The van der Waals surface area contributed by atoms with Gasteiger partial charge < -0.3 is 5.11 Å². The summed E-state index contributed by atoms with van der Waals surface area (Å²) in [6.45, 7) is -0.274. The van der Waals surface area contributed by atoms with Crippen LogP contribution in [0.4, 0.5) is 0 Å². The van der Waals surface area contributed by atoms with Crippen molar-refractivity contribution in [3.63, 3.8) is 0 Å². The fourth-order valence-corrected chi connectivity index (χ4v) is 3.23. The van der Waals surface area contributed by atoms with Gasteiger partial charge in [-0.05, 0) is 24.3 Å². The molecule has 0 atom stereocenters. The number of hydrogen-bond acceptors (Lipinski definition) is 5. The standard InChI is InChI=1S/C11H16N2O6S2/c1-13(2)20(16,17)8-7-12-21(18,19)10-5-3-9(4-6-10)11(14)15/h3-6,12H,7-8H2,1-2H3,(H,14,15). The van der Waals surface area contributed by atoms with Crippen molar-refractivity contribution >= 4 is 26.0 Å². The van der Waals surface area contributed by atoms with E-state index in [1.54, 1.807) is 0 Å². The fraction of sp³-hybridized carbons (Fsp3) is 0.364. The summed E-state index contributed by atoms with van der Waals surface area (Å²) in [5.74, 6) is -1.53. The first-order chi connectivity index (χ1) is 9.56. The smallest absolute Gasteiger partial charge is 0.335 e. The van der Waals surface area contributed by atoms with Gasteiger partial charge in [0, 0.05) is 20.6 Å². The van der Waals surface area contributed by atoms with Crippen molar-refractivity contribution in [3.05, 3.63) is 29.8 Å². The Kier molecular flexibility index (Phi) is 5.45. The molecule has 21 heavy (non-hydrogen) atoms. The molecule has 8 nitrogen and oxygen atoms in total. The van der Waals surface area contributed by atoms with E-state index >= 15 is 0 Å². The van der Waals surface area contributed by atoms with E-state index in [4.69, 9.17) is 5.11 Å². The summed E-state index contributed by atoms with van der Waals surface area (Å²) in [5.41, 5.74) is -0.0378. The van der Waals surface area contributed by atoms with Crippen LogP contribution in [0.25, 0.3) is 0 Å². The Balaban J connectivity index is 2.76. The quantitative estimate of drug-likeness (QED) is 0.696. The maximum Gasteiger partial charge on any atom is 0.335 e. The molecular formula is C11H16N2O6S2. The lowest BCUT2D eigenvalue weighted by atomic mass is 10.2. The second-order valence-electron chi connectivity index (χ2n) is 4.33. The van der Waals surface area contributed by atoms with E-state index in [9.17, 15) is 21.6 Å². The van der Waals surface area contributed by atoms with Crippen LogP contribution in [0.15, 0.2) is 29.2 Å². The Morgan fingerprint density at radius 1 is 1.14 bits per heavy atom. The number of carboxylic acid groups (broad SMARTS) is 1. The lowest BCUT2D eigenvalue weighted by Crippen LogP contribution is -2.33. The fourth-order valence-electron chi connectivity index (χ4n) is 1.35. The predicted octanol–water partition coefficient (Wildman–Crippen LogP) is -0.445. The molecular weight excluding hydrogens is 320 g/mol. The van der Waals surface area contributed by atoms with E-state index in [1.807, 2.05) is 0 Å². The maximum absolute atomic E-state index is 11.9. The third kappa shape index (κ3) is 4.77. The van der Waals surface area contributed by atoms with Gasteiger partial charge in [0.1, 0.15) is 0 Å². The number of rotatable bonds is 7. The summed E-state index contributed by atoms with van der Waals surface area (Å²) in [7, 11) is -4.66. The first-order valence-electron chi connectivity index (χ1n) is 5.79. The molecule has 10 heteroatoms. The number of nitrogens with one attached hydrogen (secondary N) is 1. The van der Waals surface area contributed by atoms with Gasteiger partial charge in [0.25, 0.3) is 0 Å². The van der Waals surface area contributed by atoms with E-state index in [2.05, 4.69) is 4.72 Å². The van der Waals surface area contributed by atoms with Crippen molar-refractivity contribution < 1.29 is 26.7 Å². The number of carboxylic acids is 1. The number of carbonyl (C=O) groups is 1. The van der Waals surface area contributed by atoms with Gasteiger partial charge in [-0.25, -0.2) is 30.7 Å². The van der Waals surface area contributed by atoms with E-state index in [0.29, 0.717) is 0 Å². The minimum atomic E-state index is -3.88. The van der Waals surface area contributed by atoms with Crippen LogP contribution in [0, 0.1) is 0 Å². The van der Waals surface area contributed by atoms with Crippen molar-refractivity contribution in [2.45, 2.75) is 4.90 Å². The van der Waals surface area contributed by atoms with E-state index in [0.717, 1.165) is 28.6 Å². The van der Waals surface area contributed by atoms with Crippen molar-refractivity contribution in [3.8, 4) is 0 Å². The molecule has 0 aliphatic rings. The minimum Gasteiger partial charge on any atom is -0.478 e. The maximum atomic E-state index is 11.9. The average Bonchev–Trinajstić information content (AvgIpc) is 2.38. The second-order valence-corrected chi connectivity index (χ2v) is 8.40. The highest BCUT2D eigenvalue weighted by molar-refractivity contribution is 7.90. The van der Waals surface area contributed by atoms with Gasteiger partial charge in [-0.3, -0.25) is 0 Å². The lowest BCUT2D eigenvalue weighted by molar-refractivity contribution is 0.0696. The zero-order valence-corrected chi connectivity index (χ0v) is 13.1. The Morgan fingerprint density at radius 3 is 2.10 bits per heavy atom. The van der Waals surface area contributed by atoms with Gasteiger partial charge in [-0.2, -0.15) is 0 Å². The molecule has 1 aromatic carbocycles. The molecule has 0 aliphatic carbocycles. The highest BCUT2D eigenvalue weighted by Gasteiger charge is 2.18. The third-order valence-electron chi connectivity index (χ3n) is 2.62. The van der Waals surface area contributed by atoms with E-state index in [-0.39, 0.29) is 22.8 Å². The molecule has 0 aliphatic heterocycles. The van der Waals surface area contributed by atoms with Crippen LogP contribution in [-0.2, 0) is 20.0 Å². The van der Waals surface area contributed by atoms with Crippen LogP contribution in [0.1, 0.15) is 10.4 Å². The molecule has 118 valence electrons. The molecule has 0 saturated carbocycles. The van der Waals surface area contributed by atoms with Crippen molar-refractivity contribution in [1.82, 2.24) is 9.03 Å². The number of aromatic carboxylic acids is 1. The Morgan fingerprint density at radius 2 is 1.67 bits per heavy atom. The van der Waals surface area contributed by atoms with Gasteiger partial charge in [-0.15, -0.1) is 0 Å². The van der Waals surface area contributed by atoms with Crippen molar-refractivity contribution in [2.24, 2.45) is 0 Å². The van der Waals surface area contributed by atoms with Crippen molar-refractivity contribution in [2.75, 3.05) is 26.4 Å². The molecule has 0 unspecified atom stereocenters. The Bertz CT molecular complexity index is 708. The van der Waals surface area contributed by atoms with Crippen LogP contribution in [-0.4, -0.2) is 58.6 Å². The van der Waals surface area contributed by atoms with Gasteiger partial charge in [0.2, 0.25) is 20.0 Å². The normalized spacial score (nSPS) is 12.5. The third-order valence-corrected chi connectivity index (χ3v) is 5.93. The monoisotopic (exact) mass is 336 g/mol.